The Morgan fingerprint density at radius 1 is 1.00 bits per heavy atom. The average molecular weight is 450 g/mol. The minimum Gasteiger partial charge on any atom is -0.375 e. The zero-order chi connectivity index (χ0) is 24.7. The molecule has 0 aromatic heterocycles. The van der Waals surface area contributed by atoms with Crippen molar-refractivity contribution in [1.82, 2.24) is 15.1 Å². The second kappa shape index (κ2) is 17.1. The number of carbonyl (C=O) groups is 1. The summed E-state index contributed by atoms with van der Waals surface area (Å²) in [5.74, 6) is 8.96. The quantitative estimate of drug-likeness (QED) is 0.520. The fourth-order valence-electron chi connectivity index (χ4n) is 3.83. The Bertz CT molecular complexity index is 576. The molecule has 2 saturated heterocycles. The van der Waals surface area contributed by atoms with E-state index in [1.54, 1.807) is 0 Å². The Labute approximate surface area is 202 Å². The van der Waals surface area contributed by atoms with Crippen LogP contribution in [0, 0.1) is 35.5 Å². The summed E-state index contributed by atoms with van der Waals surface area (Å²) in [6.45, 7) is 28.5. The standard InChI is InChI=1S/C14H25N.C12H22N2O.C2H6.H2/c1-12(2)5-6-14-7-9-15(10-8-14)11-13(3)4;1-9(2)12(15)13-11-5-7-14(8-6-11)10(3)4;1-2;/h12-14H,7-11H2,1-4H3;9,11H,3,5-8H2,1-2,4H3,(H,13,15);1-2H3;1H. The Kier molecular flexibility index (Phi) is 16.3. The Morgan fingerprint density at radius 3 is 1.94 bits per heavy atom. The van der Waals surface area contributed by atoms with Gasteiger partial charge < -0.3 is 15.1 Å². The molecule has 2 fully saturated rings. The summed E-state index contributed by atoms with van der Waals surface area (Å²) in [5.41, 5.74) is 1.13. The van der Waals surface area contributed by atoms with E-state index in [-0.39, 0.29) is 13.3 Å². The summed E-state index contributed by atoms with van der Waals surface area (Å²) >= 11 is 0. The Balaban J connectivity index is 0. The van der Waals surface area contributed by atoms with Crippen molar-refractivity contribution in [2.45, 2.75) is 94.0 Å². The SMILES string of the molecule is C=C(C)N1CCC(NC(=O)C(C)C)CC1.CC.CC(C)C#CC1CCN(CC(C)C)CC1.[HH]. The molecule has 0 radical (unpaired) electrons. The van der Waals surface area contributed by atoms with Crippen LogP contribution in [-0.2, 0) is 4.79 Å². The first-order valence-electron chi connectivity index (χ1n) is 13.0. The molecular formula is C28H55N3O. The van der Waals surface area contributed by atoms with Crippen LogP contribution in [0.15, 0.2) is 12.3 Å². The van der Waals surface area contributed by atoms with Gasteiger partial charge in [0.2, 0.25) is 5.91 Å². The topological polar surface area (TPSA) is 35.6 Å². The van der Waals surface area contributed by atoms with E-state index < -0.39 is 0 Å². The summed E-state index contributed by atoms with van der Waals surface area (Å²) in [6, 6.07) is 0.357. The molecule has 0 aromatic rings. The summed E-state index contributed by atoms with van der Waals surface area (Å²) in [6.07, 6.45) is 4.61. The lowest BCUT2D eigenvalue weighted by molar-refractivity contribution is -0.125. The number of carbonyl (C=O) groups excluding carboxylic acids is 1. The number of rotatable bonds is 5. The van der Waals surface area contributed by atoms with Crippen molar-refractivity contribution in [1.29, 1.82) is 0 Å². The normalized spacial score (nSPS) is 17.7. The van der Waals surface area contributed by atoms with Gasteiger partial charge in [-0.25, -0.2) is 0 Å². The summed E-state index contributed by atoms with van der Waals surface area (Å²) in [4.78, 5) is 16.3. The molecular weight excluding hydrogens is 394 g/mol. The van der Waals surface area contributed by atoms with Crippen LogP contribution in [0.4, 0.5) is 0 Å². The number of amides is 1. The van der Waals surface area contributed by atoms with Gasteiger partial charge in [-0.15, -0.1) is 5.92 Å². The van der Waals surface area contributed by atoms with Gasteiger partial charge in [0, 0.05) is 50.6 Å². The van der Waals surface area contributed by atoms with Crippen LogP contribution in [0.3, 0.4) is 0 Å². The first-order chi connectivity index (χ1) is 15.1. The summed E-state index contributed by atoms with van der Waals surface area (Å²) < 4.78 is 0. The van der Waals surface area contributed by atoms with Crippen LogP contribution in [0.2, 0.25) is 0 Å². The third-order valence-electron chi connectivity index (χ3n) is 5.69. The predicted octanol–water partition coefficient (Wildman–Crippen LogP) is 6.04. The first kappa shape index (κ1) is 30.5. The number of piperidine rings is 2. The third kappa shape index (κ3) is 13.8. The van der Waals surface area contributed by atoms with Crippen LogP contribution in [0.1, 0.15) is 89.4 Å². The predicted molar refractivity (Wildman–Crippen MR) is 142 cm³/mol. The van der Waals surface area contributed by atoms with E-state index in [0.717, 1.165) is 37.5 Å². The van der Waals surface area contributed by atoms with E-state index in [4.69, 9.17) is 0 Å². The molecule has 2 heterocycles. The number of allylic oxidation sites excluding steroid dienone is 1. The van der Waals surface area contributed by atoms with Crippen molar-refractivity contribution in [3.63, 3.8) is 0 Å². The lowest BCUT2D eigenvalue weighted by atomic mass is 9.96. The van der Waals surface area contributed by atoms with Crippen LogP contribution in [0.25, 0.3) is 0 Å². The van der Waals surface area contributed by atoms with Crippen molar-refractivity contribution >= 4 is 5.91 Å². The molecule has 4 heteroatoms. The number of likely N-dealkylation sites (tertiary alicyclic amines) is 2. The summed E-state index contributed by atoms with van der Waals surface area (Å²) in [5, 5.41) is 3.08. The number of nitrogens with zero attached hydrogens (tertiary/aromatic N) is 2. The highest BCUT2D eigenvalue weighted by Gasteiger charge is 2.21. The molecule has 2 aliphatic rings. The molecule has 1 amide bonds. The van der Waals surface area contributed by atoms with Gasteiger partial charge in [-0.2, -0.15) is 0 Å². The van der Waals surface area contributed by atoms with E-state index >= 15 is 0 Å². The largest absolute Gasteiger partial charge is 0.375 e. The van der Waals surface area contributed by atoms with Crippen molar-refractivity contribution < 1.29 is 6.22 Å². The smallest absolute Gasteiger partial charge is 0.222 e. The maximum Gasteiger partial charge on any atom is 0.222 e. The third-order valence-corrected chi connectivity index (χ3v) is 5.69. The number of nitrogens with one attached hydrogen (secondary N) is 1. The molecule has 32 heavy (non-hydrogen) atoms. The highest BCUT2D eigenvalue weighted by Crippen LogP contribution is 2.17. The van der Waals surface area contributed by atoms with Gasteiger partial charge in [-0.1, -0.05) is 67.9 Å². The van der Waals surface area contributed by atoms with Gasteiger partial charge in [-0.05, 0) is 51.6 Å². The number of hydrogen-bond acceptors (Lipinski definition) is 3. The molecule has 0 bridgehead atoms. The average Bonchev–Trinajstić information content (AvgIpc) is 2.75. The van der Waals surface area contributed by atoms with Gasteiger partial charge in [0.25, 0.3) is 0 Å². The zero-order valence-corrected chi connectivity index (χ0v) is 22.8. The molecule has 2 aliphatic heterocycles. The van der Waals surface area contributed by atoms with Crippen molar-refractivity contribution in [2.24, 2.45) is 23.7 Å². The van der Waals surface area contributed by atoms with E-state index in [1.807, 2.05) is 34.6 Å². The molecule has 0 saturated carbocycles. The van der Waals surface area contributed by atoms with Gasteiger partial charge >= 0.3 is 0 Å². The molecule has 0 aromatic carbocycles. The van der Waals surface area contributed by atoms with Crippen LogP contribution >= 0.6 is 0 Å². The van der Waals surface area contributed by atoms with Crippen LogP contribution in [0.5, 0.6) is 0 Å². The van der Waals surface area contributed by atoms with Crippen LogP contribution < -0.4 is 5.32 Å². The highest BCUT2D eigenvalue weighted by molar-refractivity contribution is 5.78. The molecule has 1 N–H and O–H groups in total. The molecule has 0 unspecified atom stereocenters. The summed E-state index contributed by atoms with van der Waals surface area (Å²) in [7, 11) is 0. The Morgan fingerprint density at radius 2 is 1.53 bits per heavy atom. The van der Waals surface area contributed by atoms with E-state index in [1.165, 1.54) is 32.5 Å². The van der Waals surface area contributed by atoms with E-state index in [9.17, 15) is 4.79 Å². The first-order valence-corrected chi connectivity index (χ1v) is 13.0. The molecule has 2 rings (SSSR count). The molecule has 188 valence electrons. The van der Waals surface area contributed by atoms with E-state index in [0.29, 0.717) is 17.9 Å². The second-order valence-corrected chi connectivity index (χ2v) is 10.1. The fourth-order valence-corrected chi connectivity index (χ4v) is 3.83. The monoisotopic (exact) mass is 449 g/mol. The lowest BCUT2D eigenvalue weighted by Gasteiger charge is -2.34. The lowest BCUT2D eigenvalue weighted by Crippen LogP contribution is -2.45. The number of hydrogen-bond donors (Lipinski definition) is 1. The molecule has 0 aliphatic carbocycles. The minimum atomic E-state index is 0. The van der Waals surface area contributed by atoms with Crippen molar-refractivity contribution in [3.8, 4) is 11.8 Å². The van der Waals surface area contributed by atoms with Crippen molar-refractivity contribution in [2.75, 3.05) is 32.7 Å². The van der Waals surface area contributed by atoms with Crippen molar-refractivity contribution in [3.05, 3.63) is 12.3 Å². The zero-order valence-electron chi connectivity index (χ0n) is 22.8. The maximum atomic E-state index is 11.5. The van der Waals surface area contributed by atoms with Gasteiger partial charge in [0.15, 0.2) is 0 Å². The van der Waals surface area contributed by atoms with Crippen LogP contribution in [-0.4, -0.2) is 54.5 Å². The maximum absolute atomic E-state index is 11.5. The van der Waals surface area contributed by atoms with Gasteiger partial charge in [-0.3, -0.25) is 4.79 Å². The highest BCUT2D eigenvalue weighted by atomic mass is 16.1. The van der Waals surface area contributed by atoms with Gasteiger partial charge in [0.05, 0.1) is 0 Å². The molecule has 0 atom stereocenters. The minimum absolute atomic E-state index is 0. The molecule has 4 nitrogen and oxygen atoms in total. The van der Waals surface area contributed by atoms with Gasteiger partial charge in [0.1, 0.15) is 0 Å². The second-order valence-electron chi connectivity index (χ2n) is 10.1. The Hall–Kier alpha value is -1.47. The fraction of sp³-hybridized carbons (Fsp3) is 0.821. The van der Waals surface area contributed by atoms with E-state index in [2.05, 4.69) is 61.2 Å². The molecule has 0 spiro atoms.